The molecule has 5 rings (SSSR count). The molecule has 0 unspecified atom stereocenters. The molecule has 1 aliphatic rings. The molecule has 1 aliphatic heterocycles. The molecule has 4 aromatic rings. The van der Waals surface area contributed by atoms with E-state index in [1.807, 2.05) is 50.2 Å². The third-order valence-electron chi connectivity index (χ3n) is 5.56. The van der Waals surface area contributed by atoms with E-state index in [0.29, 0.717) is 24.6 Å². The van der Waals surface area contributed by atoms with Gasteiger partial charge in [-0.15, -0.1) is 11.3 Å². The van der Waals surface area contributed by atoms with Crippen molar-refractivity contribution in [1.29, 1.82) is 0 Å². The van der Waals surface area contributed by atoms with Crippen molar-refractivity contribution in [3.05, 3.63) is 65.6 Å². The van der Waals surface area contributed by atoms with Crippen LogP contribution in [0, 0.1) is 0 Å². The van der Waals surface area contributed by atoms with Crippen LogP contribution in [0.2, 0.25) is 0 Å². The molecule has 1 amide bonds. The number of hydrogen-bond donors (Lipinski definition) is 1. The van der Waals surface area contributed by atoms with E-state index in [1.165, 1.54) is 6.33 Å². The number of nitrogens with one attached hydrogen (secondary N) is 1. The molecule has 0 radical (unpaired) electrons. The molecular weight excluding hydrogens is 436 g/mol. The predicted octanol–water partition coefficient (Wildman–Crippen LogP) is 3.65. The lowest BCUT2D eigenvalue weighted by molar-refractivity contribution is 0.0913. The van der Waals surface area contributed by atoms with Gasteiger partial charge in [0.05, 0.1) is 34.5 Å². The molecule has 8 nitrogen and oxygen atoms in total. The highest BCUT2D eigenvalue weighted by atomic mass is 32.1. The Morgan fingerprint density at radius 2 is 1.82 bits per heavy atom. The Morgan fingerprint density at radius 1 is 1.09 bits per heavy atom. The summed E-state index contributed by atoms with van der Waals surface area (Å²) < 4.78 is 6.54. The normalized spacial score (nSPS) is 14.4. The zero-order valence-electron chi connectivity index (χ0n) is 18.5. The molecule has 0 bridgehead atoms. The van der Waals surface area contributed by atoms with Crippen molar-refractivity contribution in [3.8, 4) is 11.4 Å². The number of morpholine rings is 1. The molecule has 1 fully saturated rings. The Labute approximate surface area is 195 Å². The summed E-state index contributed by atoms with van der Waals surface area (Å²) in [4.78, 5) is 34.0. The quantitative estimate of drug-likeness (QED) is 0.486. The van der Waals surface area contributed by atoms with Crippen molar-refractivity contribution in [2.45, 2.75) is 19.4 Å². The average Bonchev–Trinajstić information content (AvgIpc) is 3.30. The Morgan fingerprint density at radius 3 is 2.55 bits per heavy atom. The minimum atomic E-state index is -0.587. The number of carbonyl (C=O) groups is 1. The van der Waals surface area contributed by atoms with E-state index in [1.54, 1.807) is 23.7 Å². The third-order valence-corrected chi connectivity index (χ3v) is 7.01. The van der Waals surface area contributed by atoms with Crippen molar-refractivity contribution in [1.82, 2.24) is 25.3 Å². The van der Waals surface area contributed by atoms with Crippen molar-refractivity contribution < 1.29 is 9.53 Å². The van der Waals surface area contributed by atoms with Crippen LogP contribution in [0.4, 0.5) is 5.82 Å². The van der Waals surface area contributed by atoms with Crippen LogP contribution in [0.5, 0.6) is 0 Å². The van der Waals surface area contributed by atoms with Crippen LogP contribution in [0.3, 0.4) is 0 Å². The molecule has 33 heavy (non-hydrogen) atoms. The number of ether oxygens (including phenoxy) is 1. The molecule has 9 heteroatoms. The van der Waals surface area contributed by atoms with Crippen LogP contribution in [0.1, 0.15) is 29.1 Å². The summed E-state index contributed by atoms with van der Waals surface area (Å²) in [5.41, 5.74) is 1.65. The molecular formula is C24H24N6O2S. The molecule has 1 N–H and O–H groups in total. The largest absolute Gasteiger partial charge is 0.378 e. The highest BCUT2D eigenvalue weighted by Crippen LogP contribution is 2.38. The summed E-state index contributed by atoms with van der Waals surface area (Å²) >= 11 is 1.61. The fourth-order valence-corrected chi connectivity index (χ4v) is 4.93. The number of nitrogens with zero attached hydrogens (tertiary/aromatic N) is 5. The second kappa shape index (κ2) is 8.84. The van der Waals surface area contributed by atoms with Gasteiger partial charge in [-0.05, 0) is 32.0 Å². The Bertz CT molecular complexity index is 1270. The first-order valence-electron chi connectivity index (χ1n) is 10.8. The van der Waals surface area contributed by atoms with E-state index in [2.05, 4.69) is 20.2 Å². The first-order valence-corrected chi connectivity index (χ1v) is 11.6. The van der Waals surface area contributed by atoms with Gasteiger partial charge in [0.15, 0.2) is 11.6 Å². The summed E-state index contributed by atoms with van der Waals surface area (Å²) in [6.07, 6.45) is 4.93. The minimum absolute atomic E-state index is 0.111. The van der Waals surface area contributed by atoms with Crippen LogP contribution in [0.15, 0.2) is 55.1 Å². The number of fused-ring (bicyclic) bond motifs is 1. The van der Waals surface area contributed by atoms with Gasteiger partial charge in [0.2, 0.25) is 0 Å². The summed E-state index contributed by atoms with van der Waals surface area (Å²) in [5, 5.41) is 3.16. The number of thiophene rings is 1. The lowest BCUT2D eigenvalue weighted by Gasteiger charge is -2.28. The maximum atomic E-state index is 12.8. The number of benzene rings is 1. The van der Waals surface area contributed by atoms with Crippen LogP contribution >= 0.6 is 11.3 Å². The van der Waals surface area contributed by atoms with Crippen molar-refractivity contribution in [3.63, 3.8) is 0 Å². The molecule has 4 heterocycles. The van der Waals surface area contributed by atoms with Gasteiger partial charge in [-0.1, -0.05) is 18.2 Å². The topological polar surface area (TPSA) is 93.1 Å². The maximum Gasteiger partial charge on any atom is 0.251 e. The molecule has 1 aromatic carbocycles. The smallest absolute Gasteiger partial charge is 0.251 e. The van der Waals surface area contributed by atoms with Gasteiger partial charge >= 0.3 is 0 Å². The fourth-order valence-electron chi connectivity index (χ4n) is 3.76. The van der Waals surface area contributed by atoms with Crippen molar-refractivity contribution >= 4 is 33.3 Å². The molecule has 168 valence electrons. The van der Waals surface area contributed by atoms with Gasteiger partial charge in [0.25, 0.3) is 5.91 Å². The van der Waals surface area contributed by atoms with Crippen molar-refractivity contribution in [2.24, 2.45) is 0 Å². The number of rotatable bonds is 5. The summed E-state index contributed by atoms with van der Waals surface area (Å²) in [6, 6.07) is 11.3. The van der Waals surface area contributed by atoms with E-state index in [-0.39, 0.29) is 5.91 Å². The van der Waals surface area contributed by atoms with E-state index < -0.39 is 5.54 Å². The van der Waals surface area contributed by atoms with Gasteiger partial charge in [-0.25, -0.2) is 19.9 Å². The van der Waals surface area contributed by atoms with Crippen molar-refractivity contribution in [2.75, 3.05) is 31.2 Å². The second-order valence-electron chi connectivity index (χ2n) is 8.37. The first-order chi connectivity index (χ1) is 16.0. The van der Waals surface area contributed by atoms with E-state index >= 15 is 0 Å². The first kappa shape index (κ1) is 21.4. The SMILES string of the molecule is CC(C)(NC(=O)c1ccccc1)c1cc2nc(-c3cncnc3)nc(N3CCOCC3)c2s1. The standard InChI is InChI=1S/C24H24N6O2S/c1-24(2,29-23(31)16-6-4-3-5-7-16)19-12-18-20(33-19)22(30-8-10-32-11-9-30)28-21(27-18)17-13-25-15-26-14-17/h3-7,12-15H,8-11H2,1-2H3,(H,29,31). The maximum absolute atomic E-state index is 12.8. The Kier molecular flexibility index (Phi) is 5.74. The molecule has 3 aromatic heterocycles. The number of amides is 1. The predicted molar refractivity (Wildman–Crippen MR) is 128 cm³/mol. The van der Waals surface area contributed by atoms with Gasteiger partial charge < -0.3 is 15.0 Å². The fraction of sp³-hybridized carbons (Fsp3) is 0.292. The zero-order valence-corrected chi connectivity index (χ0v) is 19.3. The average molecular weight is 461 g/mol. The highest BCUT2D eigenvalue weighted by molar-refractivity contribution is 7.19. The van der Waals surface area contributed by atoms with Crippen LogP contribution in [-0.4, -0.2) is 52.1 Å². The molecule has 0 spiro atoms. The van der Waals surface area contributed by atoms with Gasteiger partial charge in [-0.3, -0.25) is 4.79 Å². The van der Waals surface area contributed by atoms with Crippen LogP contribution < -0.4 is 10.2 Å². The lowest BCUT2D eigenvalue weighted by Crippen LogP contribution is -2.40. The Balaban J connectivity index is 1.56. The van der Waals surface area contributed by atoms with Gasteiger partial charge in [0, 0.05) is 35.9 Å². The monoisotopic (exact) mass is 460 g/mol. The molecule has 0 aliphatic carbocycles. The van der Waals surface area contributed by atoms with E-state index in [9.17, 15) is 4.79 Å². The zero-order chi connectivity index (χ0) is 22.8. The summed E-state index contributed by atoms with van der Waals surface area (Å²) in [7, 11) is 0. The second-order valence-corrected chi connectivity index (χ2v) is 9.42. The summed E-state index contributed by atoms with van der Waals surface area (Å²) in [6.45, 7) is 6.85. The van der Waals surface area contributed by atoms with E-state index in [0.717, 1.165) is 39.6 Å². The number of anilines is 1. The molecule has 0 saturated carbocycles. The summed E-state index contributed by atoms with van der Waals surface area (Å²) in [5.74, 6) is 1.35. The number of aromatic nitrogens is 4. The highest BCUT2D eigenvalue weighted by Gasteiger charge is 2.28. The molecule has 0 atom stereocenters. The third kappa shape index (κ3) is 4.42. The van der Waals surface area contributed by atoms with E-state index in [4.69, 9.17) is 14.7 Å². The van der Waals surface area contributed by atoms with Gasteiger partial charge in [-0.2, -0.15) is 0 Å². The molecule has 1 saturated heterocycles. The minimum Gasteiger partial charge on any atom is -0.378 e. The van der Waals surface area contributed by atoms with Crippen LogP contribution in [0.25, 0.3) is 21.6 Å². The number of hydrogen-bond acceptors (Lipinski definition) is 8. The lowest BCUT2D eigenvalue weighted by atomic mass is 10.0. The van der Waals surface area contributed by atoms with Crippen LogP contribution in [-0.2, 0) is 10.3 Å². The Hall–Kier alpha value is -3.43. The van der Waals surface area contributed by atoms with Gasteiger partial charge in [0.1, 0.15) is 6.33 Å². The number of carbonyl (C=O) groups excluding carboxylic acids is 1.